The highest BCUT2D eigenvalue weighted by Crippen LogP contribution is 2.40. The van der Waals surface area contributed by atoms with Crippen LogP contribution in [0.5, 0.6) is 0 Å². The molecule has 0 saturated heterocycles. The Balaban J connectivity index is 1.56. The molecule has 0 spiro atoms. The average molecular weight is 415 g/mol. The summed E-state index contributed by atoms with van der Waals surface area (Å²) in [6.07, 6.45) is 2.09. The molecule has 0 bridgehead atoms. The van der Waals surface area contributed by atoms with Crippen molar-refractivity contribution in [2.75, 3.05) is 11.9 Å². The van der Waals surface area contributed by atoms with Crippen LogP contribution in [0, 0.1) is 0 Å². The summed E-state index contributed by atoms with van der Waals surface area (Å²) in [6, 6.07) is 27.5. The number of fused-ring (bicyclic) bond motifs is 1. The molecule has 2 amide bonds. The normalized spacial score (nSPS) is 15.6. The molecule has 5 heteroatoms. The second-order valence-corrected chi connectivity index (χ2v) is 8.19. The first kappa shape index (κ1) is 20.0. The molecule has 0 aromatic heterocycles. The van der Waals surface area contributed by atoms with Crippen molar-refractivity contribution in [3.8, 4) is 0 Å². The third-order valence-corrected chi connectivity index (χ3v) is 6.10. The third-order valence-electron chi connectivity index (χ3n) is 5.03. The minimum absolute atomic E-state index is 0.173. The molecule has 0 unspecified atom stereocenters. The Morgan fingerprint density at radius 2 is 1.60 bits per heavy atom. The minimum Gasteiger partial charge on any atom is -0.345 e. The molecule has 1 atom stereocenters. The van der Waals surface area contributed by atoms with Gasteiger partial charge in [0.25, 0.3) is 5.91 Å². The molecule has 0 saturated carbocycles. The zero-order valence-electron chi connectivity index (χ0n) is 16.6. The van der Waals surface area contributed by atoms with E-state index in [1.54, 1.807) is 11.9 Å². The summed E-state index contributed by atoms with van der Waals surface area (Å²) in [5.74, 6) is -0.448. The third kappa shape index (κ3) is 4.47. The maximum atomic E-state index is 12.9. The standard InChI is InChI=1S/C25H22N2O2S/c1-27-21-14-8-9-15-22(21)30-23(25(27)29)17-24(28)26-20(19-12-6-3-7-13-19)16-18-10-4-2-5-11-18/h2-15,17,20H,16H2,1H3,(H,26,28)/b23-17+/t20-/m0/s1. The number of benzene rings is 3. The number of carbonyl (C=O) groups is 2. The van der Waals surface area contributed by atoms with Gasteiger partial charge in [0.2, 0.25) is 5.91 Å². The van der Waals surface area contributed by atoms with E-state index < -0.39 is 0 Å². The van der Waals surface area contributed by atoms with E-state index in [-0.39, 0.29) is 17.9 Å². The van der Waals surface area contributed by atoms with Gasteiger partial charge in [-0.2, -0.15) is 0 Å². The minimum atomic E-state index is -0.275. The summed E-state index contributed by atoms with van der Waals surface area (Å²) < 4.78 is 0. The number of amides is 2. The lowest BCUT2D eigenvalue weighted by atomic mass is 9.99. The number of nitrogens with one attached hydrogen (secondary N) is 1. The zero-order valence-corrected chi connectivity index (χ0v) is 17.4. The summed E-state index contributed by atoms with van der Waals surface area (Å²) in [7, 11) is 1.73. The average Bonchev–Trinajstić information content (AvgIpc) is 2.78. The van der Waals surface area contributed by atoms with Gasteiger partial charge in [-0.3, -0.25) is 9.59 Å². The molecule has 1 aliphatic rings. The maximum absolute atomic E-state index is 12.9. The van der Waals surface area contributed by atoms with Gasteiger partial charge >= 0.3 is 0 Å². The van der Waals surface area contributed by atoms with Gasteiger partial charge in [-0.05, 0) is 29.7 Å². The number of hydrogen-bond donors (Lipinski definition) is 1. The van der Waals surface area contributed by atoms with Crippen LogP contribution in [0.15, 0.2) is 101 Å². The van der Waals surface area contributed by atoms with Gasteiger partial charge in [-0.25, -0.2) is 0 Å². The maximum Gasteiger partial charge on any atom is 0.265 e. The lowest BCUT2D eigenvalue weighted by Crippen LogP contribution is -2.32. The number of hydrogen-bond acceptors (Lipinski definition) is 3. The Morgan fingerprint density at radius 1 is 0.967 bits per heavy atom. The van der Waals surface area contributed by atoms with Gasteiger partial charge in [-0.15, -0.1) is 0 Å². The van der Waals surface area contributed by atoms with Gasteiger partial charge in [0.15, 0.2) is 0 Å². The Bertz CT molecular complexity index is 1080. The number of likely N-dealkylation sites (N-methyl/N-ethyl adjacent to an activating group) is 1. The van der Waals surface area contributed by atoms with Crippen LogP contribution in [0.25, 0.3) is 0 Å². The first-order valence-electron chi connectivity index (χ1n) is 9.78. The molecule has 1 heterocycles. The van der Waals surface area contributed by atoms with Gasteiger partial charge in [0, 0.05) is 18.0 Å². The number of carbonyl (C=O) groups excluding carboxylic acids is 2. The predicted octanol–water partition coefficient (Wildman–Crippen LogP) is 4.74. The number of para-hydroxylation sites is 1. The molecule has 0 radical (unpaired) electrons. The smallest absolute Gasteiger partial charge is 0.265 e. The molecule has 4 nitrogen and oxygen atoms in total. The van der Waals surface area contributed by atoms with Crippen LogP contribution >= 0.6 is 11.8 Å². The van der Waals surface area contributed by atoms with Crippen LogP contribution in [-0.2, 0) is 16.0 Å². The second-order valence-electron chi connectivity index (χ2n) is 7.10. The molecular formula is C25H22N2O2S. The van der Waals surface area contributed by atoms with Crippen molar-refractivity contribution >= 4 is 29.3 Å². The lowest BCUT2D eigenvalue weighted by molar-refractivity contribution is -0.118. The van der Waals surface area contributed by atoms with Crippen molar-refractivity contribution in [2.24, 2.45) is 0 Å². The van der Waals surface area contributed by atoms with E-state index in [1.165, 1.54) is 17.8 Å². The van der Waals surface area contributed by atoms with Crippen LogP contribution < -0.4 is 10.2 Å². The predicted molar refractivity (Wildman–Crippen MR) is 121 cm³/mol. The van der Waals surface area contributed by atoms with Gasteiger partial charge in [-0.1, -0.05) is 84.6 Å². The van der Waals surface area contributed by atoms with E-state index in [2.05, 4.69) is 5.32 Å². The zero-order chi connectivity index (χ0) is 20.9. The summed E-state index contributed by atoms with van der Waals surface area (Å²) >= 11 is 1.33. The molecule has 30 heavy (non-hydrogen) atoms. The van der Waals surface area contributed by atoms with Crippen LogP contribution in [0.3, 0.4) is 0 Å². The van der Waals surface area contributed by atoms with Crippen molar-refractivity contribution in [3.63, 3.8) is 0 Å². The Labute approximate surface area is 180 Å². The summed E-state index contributed by atoms with van der Waals surface area (Å²) in [5, 5.41) is 3.09. The molecule has 0 fully saturated rings. The Hall–Kier alpha value is -3.31. The number of rotatable bonds is 5. The summed E-state index contributed by atoms with van der Waals surface area (Å²) in [4.78, 5) is 28.6. The quantitative estimate of drug-likeness (QED) is 0.614. The molecule has 1 aliphatic heterocycles. The van der Waals surface area contributed by atoms with Gasteiger partial charge in [0.05, 0.1) is 16.6 Å². The number of nitrogens with zero attached hydrogens (tertiary/aromatic N) is 1. The largest absolute Gasteiger partial charge is 0.345 e. The van der Waals surface area contributed by atoms with Crippen molar-refractivity contribution in [2.45, 2.75) is 17.4 Å². The highest BCUT2D eigenvalue weighted by molar-refractivity contribution is 8.04. The molecular weight excluding hydrogens is 392 g/mol. The fourth-order valence-corrected chi connectivity index (χ4v) is 4.55. The van der Waals surface area contributed by atoms with Crippen molar-refractivity contribution in [1.29, 1.82) is 0 Å². The highest BCUT2D eigenvalue weighted by Gasteiger charge is 2.27. The monoisotopic (exact) mass is 414 g/mol. The van der Waals surface area contributed by atoms with E-state index in [0.717, 1.165) is 21.7 Å². The van der Waals surface area contributed by atoms with Crippen LogP contribution in [0.2, 0.25) is 0 Å². The van der Waals surface area contributed by atoms with Crippen LogP contribution in [-0.4, -0.2) is 18.9 Å². The number of anilines is 1. The van der Waals surface area contributed by atoms with E-state index in [0.29, 0.717) is 11.3 Å². The first-order chi connectivity index (χ1) is 14.6. The summed E-state index contributed by atoms with van der Waals surface area (Å²) in [6.45, 7) is 0. The van der Waals surface area contributed by atoms with E-state index in [4.69, 9.17) is 0 Å². The van der Waals surface area contributed by atoms with E-state index in [9.17, 15) is 9.59 Å². The first-order valence-corrected chi connectivity index (χ1v) is 10.6. The lowest BCUT2D eigenvalue weighted by Gasteiger charge is -2.26. The fraction of sp³-hybridized carbons (Fsp3) is 0.120. The second kappa shape index (κ2) is 9.01. The number of thioether (sulfide) groups is 1. The Kier molecular flexibility index (Phi) is 6.00. The van der Waals surface area contributed by atoms with Crippen LogP contribution in [0.4, 0.5) is 5.69 Å². The Morgan fingerprint density at radius 3 is 2.33 bits per heavy atom. The molecule has 4 rings (SSSR count). The highest BCUT2D eigenvalue weighted by atomic mass is 32.2. The SMILES string of the molecule is CN1C(=O)/C(=C\C(=O)N[C@@H](Cc2ccccc2)c2ccccc2)Sc2ccccc21. The molecule has 3 aromatic rings. The van der Waals surface area contributed by atoms with Crippen molar-refractivity contribution in [1.82, 2.24) is 5.32 Å². The van der Waals surface area contributed by atoms with Crippen molar-refractivity contribution in [3.05, 3.63) is 107 Å². The van der Waals surface area contributed by atoms with Gasteiger partial charge < -0.3 is 10.2 Å². The van der Waals surface area contributed by atoms with Crippen LogP contribution in [0.1, 0.15) is 17.2 Å². The topological polar surface area (TPSA) is 49.4 Å². The van der Waals surface area contributed by atoms with E-state index >= 15 is 0 Å². The van der Waals surface area contributed by atoms with E-state index in [1.807, 2.05) is 84.9 Å². The molecule has 1 N–H and O–H groups in total. The van der Waals surface area contributed by atoms with Crippen molar-refractivity contribution < 1.29 is 9.59 Å². The summed E-state index contributed by atoms with van der Waals surface area (Å²) in [5.41, 5.74) is 3.02. The molecule has 150 valence electrons. The van der Waals surface area contributed by atoms with Gasteiger partial charge in [0.1, 0.15) is 0 Å². The molecule has 3 aromatic carbocycles. The fourth-order valence-electron chi connectivity index (χ4n) is 3.47. The molecule has 0 aliphatic carbocycles.